The Hall–Kier alpha value is -2.93. The standard InChI is InChI=1S/C19H16N4/c20-12-18-19(15-9-3-4-10-17(15)22-23-18)21-16-11-5-7-13-6-1-2-8-14(13)16/h1-4,6,8-10,16H,5,7,11H2,(H,21,22). The fraction of sp³-hybridized carbons (Fsp3) is 0.211. The first-order valence-corrected chi connectivity index (χ1v) is 7.86. The smallest absolute Gasteiger partial charge is 0.186 e. The van der Waals surface area contributed by atoms with Crippen LogP contribution in [0.1, 0.15) is 35.7 Å². The van der Waals surface area contributed by atoms with Gasteiger partial charge in [0, 0.05) is 5.39 Å². The van der Waals surface area contributed by atoms with E-state index in [0.717, 1.165) is 35.9 Å². The van der Waals surface area contributed by atoms with Gasteiger partial charge in [0.05, 0.1) is 17.2 Å². The van der Waals surface area contributed by atoms with Crippen molar-refractivity contribution < 1.29 is 0 Å². The second kappa shape index (κ2) is 5.69. The molecule has 0 aliphatic heterocycles. The van der Waals surface area contributed by atoms with Gasteiger partial charge < -0.3 is 5.32 Å². The molecule has 4 nitrogen and oxygen atoms in total. The van der Waals surface area contributed by atoms with Crippen LogP contribution in [-0.4, -0.2) is 10.2 Å². The van der Waals surface area contributed by atoms with Gasteiger partial charge in [0.1, 0.15) is 6.07 Å². The van der Waals surface area contributed by atoms with Crippen molar-refractivity contribution >= 4 is 16.6 Å². The summed E-state index contributed by atoms with van der Waals surface area (Å²) >= 11 is 0. The second-order valence-corrected chi connectivity index (χ2v) is 5.84. The monoisotopic (exact) mass is 300 g/mol. The highest BCUT2D eigenvalue weighted by atomic mass is 15.1. The molecular weight excluding hydrogens is 284 g/mol. The highest BCUT2D eigenvalue weighted by molar-refractivity contribution is 5.93. The number of nitrogens with one attached hydrogen (secondary N) is 1. The van der Waals surface area contributed by atoms with Crippen LogP contribution >= 0.6 is 0 Å². The molecule has 2 aromatic carbocycles. The maximum Gasteiger partial charge on any atom is 0.186 e. The number of hydrogen-bond donors (Lipinski definition) is 1. The minimum absolute atomic E-state index is 0.208. The molecule has 1 aromatic heterocycles. The Kier molecular flexibility index (Phi) is 3.39. The van der Waals surface area contributed by atoms with Crippen molar-refractivity contribution in [2.24, 2.45) is 0 Å². The highest BCUT2D eigenvalue weighted by Crippen LogP contribution is 2.35. The molecule has 0 saturated heterocycles. The van der Waals surface area contributed by atoms with E-state index in [1.165, 1.54) is 11.1 Å². The van der Waals surface area contributed by atoms with E-state index in [4.69, 9.17) is 0 Å². The molecule has 0 amide bonds. The Labute approximate surface area is 134 Å². The zero-order valence-corrected chi connectivity index (χ0v) is 12.7. The average molecular weight is 300 g/mol. The molecule has 3 aromatic rings. The number of benzene rings is 2. The normalized spacial score (nSPS) is 16.6. The first-order valence-electron chi connectivity index (χ1n) is 7.86. The van der Waals surface area contributed by atoms with Crippen molar-refractivity contribution in [2.45, 2.75) is 25.3 Å². The number of aromatic nitrogens is 2. The third-order valence-corrected chi connectivity index (χ3v) is 4.46. The van der Waals surface area contributed by atoms with Crippen molar-refractivity contribution in [1.29, 1.82) is 5.26 Å². The summed E-state index contributed by atoms with van der Waals surface area (Å²) in [6.07, 6.45) is 3.32. The lowest BCUT2D eigenvalue weighted by Crippen LogP contribution is -2.18. The largest absolute Gasteiger partial charge is 0.375 e. The number of hydrogen-bond acceptors (Lipinski definition) is 4. The van der Waals surface area contributed by atoms with Gasteiger partial charge >= 0.3 is 0 Å². The number of nitrogens with zero attached hydrogens (tertiary/aromatic N) is 3. The minimum atomic E-state index is 0.208. The van der Waals surface area contributed by atoms with E-state index >= 15 is 0 Å². The van der Waals surface area contributed by atoms with Crippen molar-refractivity contribution in [2.75, 3.05) is 5.32 Å². The van der Waals surface area contributed by atoms with E-state index in [-0.39, 0.29) is 6.04 Å². The second-order valence-electron chi connectivity index (χ2n) is 5.84. The van der Waals surface area contributed by atoms with E-state index in [1.54, 1.807) is 0 Å². The molecule has 1 aliphatic rings. The SMILES string of the molecule is N#Cc1nnc2ccccc2c1NC1CCCc2ccccc21. The molecule has 23 heavy (non-hydrogen) atoms. The van der Waals surface area contributed by atoms with Gasteiger partial charge in [0.15, 0.2) is 5.69 Å². The van der Waals surface area contributed by atoms with Crippen LogP contribution in [0.3, 0.4) is 0 Å². The maximum atomic E-state index is 9.41. The Balaban J connectivity index is 1.81. The van der Waals surface area contributed by atoms with Gasteiger partial charge in [-0.25, -0.2) is 0 Å². The zero-order valence-electron chi connectivity index (χ0n) is 12.7. The molecule has 1 atom stereocenters. The predicted octanol–water partition coefficient (Wildman–Crippen LogP) is 3.99. The Bertz CT molecular complexity index is 911. The summed E-state index contributed by atoms with van der Waals surface area (Å²) in [6.45, 7) is 0. The lowest BCUT2D eigenvalue weighted by Gasteiger charge is -2.27. The summed E-state index contributed by atoms with van der Waals surface area (Å²) in [5.74, 6) is 0. The van der Waals surface area contributed by atoms with Gasteiger partial charge in [-0.3, -0.25) is 0 Å². The Morgan fingerprint density at radius 1 is 1.04 bits per heavy atom. The Morgan fingerprint density at radius 2 is 1.87 bits per heavy atom. The van der Waals surface area contributed by atoms with Gasteiger partial charge in [-0.05, 0) is 36.5 Å². The first kappa shape index (κ1) is 13.7. The summed E-state index contributed by atoms with van der Waals surface area (Å²) in [4.78, 5) is 0. The third kappa shape index (κ3) is 2.40. The molecule has 0 saturated carbocycles. The van der Waals surface area contributed by atoms with Gasteiger partial charge in [0.2, 0.25) is 0 Å². The molecular formula is C19H16N4. The molecule has 1 heterocycles. The van der Waals surface area contributed by atoms with Crippen LogP contribution in [0.5, 0.6) is 0 Å². The number of aryl methyl sites for hydroxylation is 1. The van der Waals surface area contributed by atoms with Gasteiger partial charge in [-0.1, -0.05) is 42.5 Å². The summed E-state index contributed by atoms with van der Waals surface area (Å²) in [5.41, 5.74) is 4.66. The van der Waals surface area contributed by atoms with Gasteiger partial charge in [0.25, 0.3) is 0 Å². The van der Waals surface area contributed by atoms with Crippen molar-refractivity contribution in [3.05, 3.63) is 65.4 Å². The van der Waals surface area contributed by atoms with Crippen LogP contribution in [-0.2, 0) is 6.42 Å². The van der Waals surface area contributed by atoms with E-state index in [1.807, 2.05) is 24.3 Å². The fourth-order valence-electron chi connectivity index (χ4n) is 3.36. The molecule has 1 unspecified atom stereocenters. The van der Waals surface area contributed by atoms with Crippen molar-refractivity contribution in [3.8, 4) is 6.07 Å². The fourth-order valence-corrected chi connectivity index (χ4v) is 3.36. The molecule has 0 fully saturated rings. The van der Waals surface area contributed by atoms with E-state index in [2.05, 4.69) is 45.8 Å². The molecule has 1 N–H and O–H groups in total. The lowest BCUT2D eigenvalue weighted by molar-refractivity contribution is 0.600. The lowest BCUT2D eigenvalue weighted by atomic mass is 9.87. The third-order valence-electron chi connectivity index (χ3n) is 4.46. The predicted molar refractivity (Wildman–Crippen MR) is 90.0 cm³/mol. The summed E-state index contributed by atoms with van der Waals surface area (Å²) in [7, 11) is 0. The zero-order chi connectivity index (χ0) is 15.6. The van der Waals surface area contributed by atoms with Gasteiger partial charge in [-0.15, -0.1) is 10.2 Å². The van der Waals surface area contributed by atoms with E-state index in [0.29, 0.717) is 5.69 Å². The summed E-state index contributed by atoms with van der Waals surface area (Å²) < 4.78 is 0. The maximum absolute atomic E-state index is 9.41. The number of nitriles is 1. The molecule has 0 radical (unpaired) electrons. The molecule has 4 rings (SSSR count). The van der Waals surface area contributed by atoms with Crippen LogP contribution in [0.4, 0.5) is 5.69 Å². The van der Waals surface area contributed by atoms with Crippen LogP contribution in [0.15, 0.2) is 48.5 Å². The molecule has 1 aliphatic carbocycles. The van der Waals surface area contributed by atoms with Gasteiger partial charge in [-0.2, -0.15) is 5.26 Å². The molecule has 0 spiro atoms. The van der Waals surface area contributed by atoms with Crippen molar-refractivity contribution in [1.82, 2.24) is 10.2 Å². The van der Waals surface area contributed by atoms with Crippen LogP contribution in [0, 0.1) is 11.3 Å². The first-order chi connectivity index (χ1) is 11.4. The van der Waals surface area contributed by atoms with Crippen molar-refractivity contribution in [3.63, 3.8) is 0 Å². The number of fused-ring (bicyclic) bond motifs is 2. The molecule has 0 bridgehead atoms. The summed E-state index contributed by atoms with van der Waals surface area (Å²) in [5, 5.41) is 22.1. The van der Waals surface area contributed by atoms with E-state index < -0.39 is 0 Å². The van der Waals surface area contributed by atoms with E-state index in [9.17, 15) is 5.26 Å². The number of rotatable bonds is 2. The minimum Gasteiger partial charge on any atom is -0.375 e. The quantitative estimate of drug-likeness (QED) is 0.777. The highest BCUT2D eigenvalue weighted by Gasteiger charge is 2.22. The van der Waals surface area contributed by atoms with Crippen LogP contribution in [0.2, 0.25) is 0 Å². The van der Waals surface area contributed by atoms with Crippen LogP contribution < -0.4 is 5.32 Å². The average Bonchev–Trinajstić information content (AvgIpc) is 2.62. The van der Waals surface area contributed by atoms with Crippen LogP contribution in [0.25, 0.3) is 10.9 Å². The molecule has 4 heteroatoms. The Morgan fingerprint density at radius 3 is 2.78 bits per heavy atom. The number of anilines is 1. The summed E-state index contributed by atoms with van der Waals surface area (Å²) in [6, 6.07) is 18.7. The topological polar surface area (TPSA) is 61.6 Å². The molecule has 112 valence electrons.